The van der Waals surface area contributed by atoms with Gasteiger partial charge in [0.2, 0.25) is 0 Å². The van der Waals surface area contributed by atoms with Gasteiger partial charge < -0.3 is 9.47 Å². The number of nitrogens with zero attached hydrogens (tertiary/aromatic N) is 4. The summed E-state index contributed by atoms with van der Waals surface area (Å²) in [6.45, 7) is -0.0317. The SMILES string of the molecule is CN(C)C(=O)c1c(-c2ccccc2)c2cc([N+](=O)[O-])ccc2n1CC#N. The minimum absolute atomic E-state index is 0.0317. The van der Waals surface area contributed by atoms with Crippen LogP contribution in [0.4, 0.5) is 5.69 Å². The zero-order valence-corrected chi connectivity index (χ0v) is 14.3. The number of nitriles is 1. The van der Waals surface area contributed by atoms with Crippen molar-refractivity contribution >= 4 is 22.5 Å². The molecule has 7 heteroatoms. The third-order valence-corrected chi connectivity index (χ3v) is 4.16. The number of amides is 1. The van der Waals surface area contributed by atoms with E-state index < -0.39 is 4.92 Å². The average molecular weight is 348 g/mol. The maximum absolute atomic E-state index is 12.9. The van der Waals surface area contributed by atoms with Crippen molar-refractivity contribution in [2.75, 3.05) is 14.1 Å². The van der Waals surface area contributed by atoms with Crippen molar-refractivity contribution in [3.05, 3.63) is 64.3 Å². The zero-order chi connectivity index (χ0) is 18.8. The number of fused-ring (bicyclic) bond motifs is 1. The van der Waals surface area contributed by atoms with Crippen molar-refractivity contribution in [3.63, 3.8) is 0 Å². The van der Waals surface area contributed by atoms with Crippen molar-refractivity contribution in [2.24, 2.45) is 0 Å². The summed E-state index contributed by atoms with van der Waals surface area (Å²) >= 11 is 0. The van der Waals surface area contributed by atoms with Crippen molar-refractivity contribution in [3.8, 4) is 17.2 Å². The van der Waals surface area contributed by atoms with Gasteiger partial charge in [0.25, 0.3) is 11.6 Å². The fourth-order valence-electron chi connectivity index (χ4n) is 3.02. The number of hydrogen-bond acceptors (Lipinski definition) is 4. The van der Waals surface area contributed by atoms with Crippen LogP contribution in [0.3, 0.4) is 0 Å². The summed E-state index contributed by atoms with van der Waals surface area (Å²) in [7, 11) is 3.27. The number of non-ortho nitro benzene ring substituents is 1. The molecule has 1 aromatic heterocycles. The summed E-state index contributed by atoms with van der Waals surface area (Å²) < 4.78 is 1.61. The molecule has 26 heavy (non-hydrogen) atoms. The van der Waals surface area contributed by atoms with Crippen LogP contribution in [0.1, 0.15) is 10.5 Å². The Morgan fingerprint density at radius 2 is 1.92 bits per heavy atom. The van der Waals surface area contributed by atoms with Crippen LogP contribution in [0.25, 0.3) is 22.0 Å². The molecule has 7 nitrogen and oxygen atoms in total. The standard InChI is InChI=1S/C19H16N4O3/c1-21(2)19(24)18-17(13-6-4-3-5-7-13)15-12-14(23(25)26)8-9-16(15)22(18)11-10-20/h3-9,12H,11H2,1-2H3. The van der Waals surface area contributed by atoms with E-state index in [1.54, 1.807) is 24.7 Å². The second-order valence-corrected chi connectivity index (χ2v) is 5.99. The number of carbonyl (C=O) groups is 1. The molecule has 1 heterocycles. The van der Waals surface area contributed by atoms with E-state index in [-0.39, 0.29) is 18.1 Å². The van der Waals surface area contributed by atoms with Crippen LogP contribution in [-0.2, 0) is 6.54 Å². The highest BCUT2D eigenvalue weighted by atomic mass is 16.6. The Balaban J connectivity index is 2.48. The van der Waals surface area contributed by atoms with E-state index in [9.17, 15) is 20.2 Å². The molecule has 130 valence electrons. The van der Waals surface area contributed by atoms with Crippen LogP contribution >= 0.6 is 0 Å². The lowest BCUT2D eigenvalue weighted by molar-refractivity contribution is -0.384. The molecule has 0 aliphatic rings. The number of benzene rings is 2. The summed E-state index contributed by atoms with van der Waals surface area (Å²) in [5.41, 5.74) is 2.25. The normalized spacial score (nSPS) is 10.5. The zero-order valence-electron chi connectivity index (χ0n) is 14.3. The number of aromatic nitrogens is 1. The minimum Gasteiger partial charge on any atom is -0.343 e. The van der Waals surface area contributed by atoms with E-state index in [0.717, 1.165) is 5.56 Å². The fraction of sp³-hybridized carbons (Fsp3) is 0.158. The molecule has 0 saturated heterocycles. The Hall–Kier alpha value is -3.66. The molecule has 0 saturated carbocycles. The molecular weight excluding hydrogens is 332 g/mol. The molecule has 0 radical (unpaired) electrons. The number of nitro benzene ring substituents is 1. The van der Waals surface area contributed by atoms with Crippen LogP contribution in [0.5, 0.6) is 0 Å². The molecule has 0 N–H and O–H groups in total. The van der Waals surface area contributed by atoms with Gasteiger partial charge in [-0.05, 0) is 11.6 Å². The van der Waals surface area contributed by atoms with Crippen LogP contribution in [0.2, 0.25) is 0 Å². The number of hydrogen-bond donors (Lipinski definition) is 0. The summed E-state index contributed by atoms with van der Waals surface area (Å²) in [6, 6.07) is 15.7. The molecule has 0 spiro atoms. The van der Waals surface area contributed by atoms with Gasteiger partial charge in [-0.25, -0.2) is 0 Å². The van der Waals surface area contributed by atoms with E-state index in [0.29, 0.717) is 22.2 Å². The van der Waals surface area contributed by atoms with Crippen molar-refractivity contribution < 1.29 is 9.72 Å². The van der Waals surface area contributed by atoms with Gasteiger partial charge in [0.05, 0.1) is 16.5 Å². The van der Waals surface area contributed by atoms with Crippen molar-refractivity contribution in [1.82, 2.24) is 9.47 Å². The first-order valence-electron chi connectivity index (χ1n) is 7.90. The van der Waals surface area contributed by atoms with Crippen molar-refractivity contribution in [1.29, 1.82) is 5.26 Å². The van der Waals surface area contributed by atoms with Crippen LogP contribution < -0.4 is 0 Å². The molecule has 0 unspecified atom stereocenters. The lowest BCUT2D eigenvalue weighted by Gasteiger charge is -2.14. The quantitative estimate of drug-likeness (QED) is 0.533. The van der Waals surface area contributed by atoms with Gasteiger partial charge in [-0.1, -0.05) is 30.3 Å². The van der Waals surface area contributed by atoms with Gasteiger partial charge in [0.15, 0.2) is 0 Å². The average Bonchev–Trinajstić information content (AvgIpc) is 2.95. The molecule has 1 amide bonds. The maximum Gasteiger partial charge on any atom is 0.270 e. The Labute approximate surface area is 149 Å². The largest absolute Gasteiger partial charge is 0.343 e. The monoisotopic (exact) mass is 348 g/mol. The molecule has 3 aromatic rings. The molecule has 3 rings (SSSR count). The molecule has 0 fully saturated rings. The summed E-state index contributed by atoms with van der Waals surface area (Å²) in [5, 5.41) is 21.0. The molecular formula is C19H16N4O3. The second kappa shape index (κ2) is 6.69. The number of nitro groups is 1. The number of carbonyl (C=O) groups excluding carboxylic acids is 1. The highest BCUT2D eigenvalue weighted by Crippen LogP contribution is 2.37. The first-order valence-corrected chi connectivity index (χ1v) is 7.90. The Bertz CT molecular complexity index is 1050. The van der Waals surface area contributed by atoms with E-state index in [1.165, 1.54) is 17.0 Å². The van der Waals surface area contributed by atoms with E-state index in [4.69, 9.17) is 0 Å². The van der Waals surface area contributed by atoms with Crippen LogP contribution in [0.15, 0.2) is 48.5 Å². The Kier molecular flexibility index (Phi) is 4.42. The predicted octanol–water partition coefficient (Wildman–Crippen LogP) is 3.44. The Morgan fingerprint density at radius 3 is 2.50 bits per heavy atom. The van der Waals surface area contributed by atoms with Gasteiger partial charge in [0, 0.05) is 37.2 Å². The minimum atomic E-state index is -0.469. The summed E-state index contributed by atoms with van der Waals surface area (Å²) in [5.74, 6) is -0.266. The van der Waals surface area contributed by atoms with Gasteiger partial charge in [-0.3, -0.25) is 14.9 Å². The Morgan fingerprint density at radius 1 is 1.23 bits per heavy atom. The van der Waals surface area contributed by atoms with E-state index >= 15 is 0 Å². The first-order chi connectivity index (χ1) is 12.5. The van der Waals surface area contributed by atoms with Gasteiger partial charge in [0.1, 0.15) is 12.2 Å². The predicted molar refractivity (Wildman–Crippen MR) is 97.7 cm³/mol. The molecule has 0 bridgehead atoms. The first kappa shape index (κ1) is 17.2. The lowest BCUT2D eigenvalue weighted by Crippen LogP contribution is -2.25. The maximum atomic E-state index is 12.9. The highest BCUT2D eigenvalue weighted by Gasteiger charge is 2.26. The summed E-state index contributed by atoms with van der Waals surface area (Å²) in [4.78, 5) is 25.1. The van der Waals surface area contributed by atoms with E-state index in [1.807, 2.05) is 30.3 Å². The van der Waals surface area contributed by atoms with Gasteiger partial charge in [-0.2, -0.15) is 5.26 Å². The fourth-order valence-corrected chi connectivity index (χ4v) is 3.02. The summed E-state index contributed by atoms with van der Waals surface area (Å²) in [6.07, 6.45) is 0. The van der Waals surface area contributed by atoms with Crippen LogP contribution in [0, 0.1) is 21.4 Å². The second-order valence-electron chi connectivity index (χ2n) is 5.99. The molecule has 0 aliphatic carbocycles. The topological polar surface area (TPSA) is 92.2 Å². The molecule has 0 aliphatic heterocycles. The number of rotatable bonds is 4. The highest BCUT2D eigenvalue weighted by molar-refractivity contribution is 6.10. The smallest absolute Gasteiger partial charge is 0.270 e. The van der Waals surface area contributed by atoms with Gasteiger partial charge >= 0.3 is 0 Å². The van der Waals surface area contributed by atoms with E-state index in [2.05, 4.69) is 6.07 Å². The van der Waals surface area contributed by atoms with Crippen LogP contribution in [-0.4, -0.2) is 34.4 Å². The molecule has 0 atom stereocenters. The van der Waals surface area contributed by atoms with Crippen molar-refractivity contribution in [2.45, 2.75) is 6.54 Å². The molecule has 2 aromatic carbocycles. The third kappa shape index (κ3) is 2.78. The van der Waals surface area contributed by atoms with Gasteiger partial charge in [-0.15, -0.1) is 0 Å². The lowest BCUT2D eigenvalue weighted by atomic mass is 10.0. The third-order valence-electron chi connectivity index (χ3n) is 4.16.